The molecule has 0 amide bonds. The van der Waals surface area contributed by atoms with Crippen LogP contribution < -0.4 is 5.63 Å². The summed E-state index contributed by atoms with van der Waals surface area (Å²) in [5, 5.41) is 18.7. The first-order valence-corrected chi connectivity index (χ1v) is 10.6. The number of rotatable bonds is 4. The van der Waals surface area contributed by atoms with Gasteiger partial charge in [0.2, 0.25) is 0 Å². The number of fused-ring (bicyclic) bond motifs is 1. The molecule has 0 aliphatic rings. The van der Waals surface area contributed by atoms with Gasteiger partial charge in [-0.25, -0.2) is 9.59 Å². The number of carboxylic acids is 1. The fraction of sp³-hybridized carbons (Fsp3) is 0. The minimum Gasteiger partial charge on any atom is -0.507 e. The van der Waals surface area contributed by atoms with Crippen LogP contribution in [0.3, 0.4) is 0 Å². The van der Waals surface area contributed by atoms with E-state index in [1.54, 1.807) is 0 Å². The van der Waals surface area contributed by atoms with Crippen LogP contribution in [0, 0.1) is 0 Å². The SMILES string of the molecule is O=C(O)c1cc2cc(-c3sc(S(=O)(=O)O)cc3S(=O)(=O)O)c(=O)oc2cc1O. The van der Waals surface area contributed by atoms with Crippen molar-refractivity contribution in [3.8, 4) is 16.2 Å². The third-order valence-electron chi connectivity index (χ3n) is 3.53. The van der Waals surface area contributed by atoms with Gasteiger partial charge in [-0.3, -0.25) is 9.11 Å². The number of aromatic carboxylic acids is 1. The van der Waals surface area contributed by atoms with Crippen molar-refractivity contribution in [1.29, 1.82) is 0 Å². The van der Waals surface area contributed by atoms with Gasteiger partial charge in [-0.05, 0) is 18.2 Å². The zero-order chi connectivity index (χ0) is 21.0. The highest BCUT2D eigenvalue weighted by atomic mass is 32.3. The second kappa shape index (κ2) is 6.39. The van der Waals surface area contributed by atoms with Gasteiger partial charge in [0.05, 0.1) is 10.4 Å². The predicted molar refractivity (Wildman–Crippen MR) is 94.1 cm³/mol. The minimum absolute atomic E-state index is 0.0344. The van der Waals surface area contributed by atoms with Crippen LogP contribution in [0.1, 0.15) is 10.4 Å². The molecule has 3 aromatic rings. The molecule has 0 aliphatic carbocycles. The molecular formula is C14H8O11S3. The summed E-state index contributed by atoms with van der Waals surface area (Å²) in [6, 6.07) is 3.28. The summed E-state index contributed by atoms with van der Waals surface area (Å²) >= 11 is 0.180. The van der Waals surface area contributed by atoms with E-state index in [2.05, 4.69) is 0 Å². The lowest BCUT2D eigenvalue weighted by molar-refractivity contribution is 0.0694. The van der Waals surface area contributed by atoms with Crippen molar-refractivity contribution in [1.82, 2.24) is 0 Å². The maximum atomic E-state index is 12.3. The minimum atomic E-state index is -5.00. The Labute approximate surface area is 159 Å². The van der Waals surface area contributed by atoms with E-state index >= 15 is 0 Å². The lowest BCUT2D eigenvalue weighted by Crippen LogP contribution is -2.06. The van der Waals surface area contributed by atoms with Gasteiger partial charge in [-0.2, -0.15) is 16.8 Å². The Morgan fingerprint density at radius 3 is 2.18 bits per heavy atom. The third kappa shape index (κ3) is 3.50. The van der Waals surface area contributed by atoms with Gasteiger partial charge in [-0.1, -0.05) is 0 Å². The van der Waals surface area contributed by atoms with Crippen molar-refractivity contribution in [2.24, 2.45) is 0 Å². The smallest absolute Gasteiger partial charge is 0.345 e. The van der Waals surface area contributed by atoms with E-state index in [0.717, 1.165) is 18.2 Å². The molecule has 0 unspecified atom stereocenters. The number of benzene rings is 1. The molecule has 2 aromatic heterocycles. The number of aromatic hydroxyl groups is 1. The van der Waals surface area contributed by atoms with E-state index in [9.17, 15) is 36.1 Å². The van der Waals surface area contributed by atoms with Crippen LogP contribution in [0.5, 0.6) is 5.75 Å². The molecule has 0 spiro atoms. The van der Waals surface area contributed by atoms with Gasteiger partial charge in [-0.15, -0.1) is 11.3 Å². The molecule has 0 atom stereocenters. The summed E-state index contributed by atoms with van der Waals surface area (Å²) in [7, 11) is -9.85. The van der Waals surface area contributed by atoms with Crippen LogP contribution in [-0.2, 0) is 20.2 Å². The molecule has 0 saturated carbocycles. The van der Waals surface area contributed by atoms with E-state index in [0.29, 0.717) is 6.07 Å². The summed E-state index contributed by atoms with van der Waals surface area (Å²) in [5.41, 5.74) is -2.44. The Bertz CT molecular complexity index is 1410. The van der Waals surface area contributed by atoms with Crippen molar-refractivity contribution < 1.29 is 45.4 Å². The summed E-state index contributed by atoms with van der Waals surface area (Å²) in [6.07, 6.45) is 0. The van der Waals surface area contributed by atoms with Crippen molar-refractivity contribution in [2.75, 3.05) is 0 Å². The van der Waals surface area contributed by atoms with Gasteiger partial charge in [0, 0.05) is 11.5 Å². The highest BCUT2D eigenvalue weighted by Crippen LogP contribution is 2.37. The Hall–Kier alpha value is -2.78. The van der Waals surface area contributed by atoms with Gasteiger partial charge in [0.15, 0.2) is 0 Å². The molecule has 28 heavy (non-hydrogen) atoms. The van der Waals surface area contributed by atoms with Crippen molar-refractivity contribution >= 4 is 48.5 Å². The van der Waals surface area contributed by atoms with Crippen molar-refractivity contribution in [3.63, 3.8) is 0 Å². The first-order valence-electron chi connectivity index (χ1n) is 6.92. The second-order valence-electron chi connectivity index (χ2n) is 5.37. The largest absolute Gasteiger partial charge is 0.507 e. The highest BCUT2D eigenvalue weighted by Gasteiger charge is 2.28. The Balaban J connectivity index is 2.39. The molecule has 3 rings (SSSR count). The van der Waals surface area contributed by atoms with E-state index < -0.39 is 62.7 Å². The fourth-order valence-electron chi connectivity index (χ4n) is 2.35. The highest BCUT2D eigenvalue weighted by molar-refractivity contribution is 7.89. The van der Waals surface area contributed by atoms with Crippen LogP contribution in [0.25, 0.3) is 21.4 Å². The molecule has 148 valence electrons. The lowest BCUT2D eigenvalue weighted by Gasteiger charge is -2.05. The summed E-state index contributed by atoms with van der Waals surface area (Å²) in [6.45, 7) is 0. The van der Waals surface area contributed by atoms with Crippen LogP contribution >= 0.6 is 11.3 Å². The molecule has 0 fully saturated rings. The normalized spacial score (nSPS) is 12.4. The standard InChI is InChI=1S/C14H8O11S3/c15-8-3-9-5(1-6(8)13(16)17)2-7(14(18)25-9)12-10(27(19,20)21)4-11(26-12)28(22,23)24/h1-4,15H,(H,16,17)(H,19,20,21)(H,22,23,24). The molecular weight excluding hydrogens is 440 g/mol. The fourth-order valence-corrected chi connectivity index (χ4v) is 5.27. The average molecular weight is 448 g/mol. The van der Waals surface area contributed by atoms with E-state index in [4.69, 9.17) is 14.1 Å². The molecule has 4 N–H and O–H groups in total. The average Bonchev–Trinajstić information content (AvgIpc) is 2.99. The second-order valence-corrected chi connectivity index (χ2v) is 9.46. The maximum Gasteiger partial charge on any atom is 0.345 e. The van der Waals surface area contributed by atoms with Gasteiger partial charge < -0.3 is 14.6 Å². The van der Waals surface area contributed by atoms with Crippen LogP contribution in [0.2, 0.25) is 0 Å². The van der Waals surface area contributed by atoms with E-state index in [1.165, 1.54) is 0 Å². The van der Waals surface area contributed by atoms with Crippen LogP contribution in [0.15, 0.2) is 42.6 Å². The number of thiophene rings is 1. The predicted octanol–water partition coefficient (Wildman–Crippen LogP) is 1.42. The Kier molecular flexibility index (Phi) is 4.55. The molecule has 0 bridgehead atoms. The first-order chi connectivity index (χ1) is 12.8. The number of carboxylic acid groups (broad SMARTS) is 1. The number of carbonyl (C=O) groups is 1. The quantitative estimate of drug-likeness (QED) is 0.332. The molecule has 2 heterocycles. The summed E-state index contributed by atoms with van der Waals surface area (Å²) < 4.78 is 68.3. The zero-order valence-corrected chi connectivity index (χ0v) is 15.6. The van der Waals surface area contributed by atoms with E-state index in [1.807, 2.05) is 0 Å². The van der Waals surface area contributed by atoms with Crippen LogP contribution in [-0.4, -0.2) is 42.1 Å². The Morgan fingerprint density at radius 1 is 1.00 bits per heavy atom. The topological polar surface area (TPSA) is 196 Å². The van der Waals surface area contributed by atoms with Gasteiger partial charge in [0.1, 0.15) is 26.0 Å². The summed E-state index contributed by atoms with van der Waals surface area (Å²) in [4.78, 5) is 21.9. The van der Waals surface area contributed by atoms with Crippen molar-refractivity contribution in [3.05, 3.63) is 40.2 Å². The number of phenols is 1. The van der Waals surface area contributed by atoms with Crippen molar-refractivity contribution in [2.45, 2.75) is 9.10 Å². The number of hydrogen-bond acceptors (Lipinski definition) is 9. The lowest BCUT2D eigenvalue weighted by atomic mass is 10.1. The van der Waals surface area contributed by atoms with Gasteiger partial charge >= 0.3 is 21.7 Å². The number of hydrogen-bond donors (Lipinski definition) is 4. The molecule has 11 nitrogen and oxygen atoms in total. The third-order valence-corrected chi connectivity index (χ3v) is 7.01. The first kappa shape index (κ1) is 20.0. The summed E-state index contributed by atoms with van der Waals surface area (Å²) in [5.74, 6) is -2.17. The monoisotopic (exact) mass is 448 g/mol. The molecule has 0 saturated heterocycles. The molecule has 14 heteroatoms. The van der Waals surface area contributed by atoms with E-state index in [-0.39, 0.29) is 22.3 Å². The maximum absolute atomic E-state index is 12.3. The van der Waals surface area contributed by atoms with Crippen LogP contribution in [0.4, 0.5) is 0 Å². The van der Waals surface area contributed by atoms with Gasteiger partial charge in [0.25, 0.3) is 10.1 Å². The zero-order valence-electron chi connectivity index (χ0n) is 13.2. The molecule has 0 aliphatic heterocycles. The molecule has 0 radical (unpaired) electrons. The Morgan fingerprint density at radius 2 is 1.64 bits per heavy atom. The molecule has 1 aromatic carbocycles.